The maximum absolute atomic E-state index is 12.0. The number of thiophene rings is 1. The number of aromatic carboxylic acids is 1. The molecule has 2 heterocycles. The molecule has 1 aromatic rings. The highest BCUT2D eigenvalue weighted by atomic mass is 32.1. The number of anilines is 1. The molecule has 1 aliphatic rings. The molecule has 2 rings (SSSR count). The van der Waals surface area contributed by atoms with E-state index in [1.165, 1.54) is 0 Å². The van der Waals surface area contributed by atoms with E-state index < -0.39 is 11.6 Å². The van der Waals surface area contributed by atoms with Crippen LogP contribution in [-0.2, 0) is 9.53 Å². The van der Waals surface area contributed by atoms with Crippen molar-refractivity contribution in [2.75, 3.05) is 11.9 Å². The highest BCUT2D eigenvalue weighted by Crippen LogP contribution is 2.28. The number of carboxylic acids is 1. The number of amides is 1. The predicted molar refractivity (Wildman–Crippen MR) is 63.5 cm³/mol. The van der Waals surface area contributed by atoms with Crippen LogP contribution in [0.3, 0.4) is 0 Å². The summed E-state index contributed by atoms with van der Waals surface area (Å²) in [5.74, 6) is -1.32. The average molecular weight is 255 g/mol. The maximum Gasteiger partial charge on any atom is 0.348 e. The second kappa shape index (κ2) is 4.46. The molecule has 1 fully saturated rings. The Morgan fingerprint density at radius 1 is 1.59 bits per heavy atom. The molecule has 6 heteroatoms. The van der Waals surface area contributed by atoms with E-state index in [0.29, 0.717) is 18.7 Å². The number of ether oxygens (including phenoxy) is 1. The standard InChI is InChI=1S/C11H13NO4S/c1-11(4-2-5-16-11)10(15)12-7-3-6-17-8(7)9(13)14/h3,6H,2,4-5H2,1H3,(H,12,15)(H,13,14). The number of hydrogen-bond acceptors (Lipinski definition) is 4. The molecule has 1 amide bonds. The smallest absolute Gasteiger partial charge is 0.348 e. The molecule has 1 atom stereocenters. The van der Waals surface area contributed by atoms with Gasteiger partial charge in [0.1, 0.15) is 10.5 Å². The zero-order valence-electron chi connectivity index (χ0n) is 9.36. The first kappa shape index (κ1) is 12.1. The second-order valence-corrected chi connectivity index (χ2v) is 5.02. The van der Waals surface area contributed by atoms with Gasteiger partial charge < -0.3 is 15.2 Å². The zero-order chi connectivity index (χ0) is 12.5. The Bertz CT molecular complexity index is 448. The molecule has 1 saturated heterocycles. The van der Waals surface area contributed by atoms with Crippen molar-refractivity contribution in [3.63, 3.8) is 0 Å². The summed E-state index contributed by atoms with van der Waals surface area (Å²) in [5, 5.41) is 13.2. The first-order valence-corrected chi connectivity index (χ1v) is 6.17. The van der Waals surface area contributed by atoms with E-state index in [2.05, 4.69) is 5.32 Å². The van der Waals surface area contributed by atoms with Crippen molar-refractivity contribution in [2.45, 2.75) is 25.4 Å². The molecule has 0 aliphatic carbocycles. The van der Waals surface area contributed by atoms with E-state index >= 15 is 0 Å². The van der Waals surface area contributed by atoms with Crippen molar-refractivity contribution in [3.8, 4) is 0 Å². The predicted octanol–water partition coefficient (Wildman–Crippen LogP) is 1.95. The molecule has 0 saturated carbocycles. The molecular weight excluding hydrogens is 242 g/mol. The van der Waals surface area contributed by atoms with Gasteiger partial charge >= 0.3 is 5.97 Å². The minimum Gasteiger partial charge on any atom is -0.477 e. The minimum absolute atomic E-state index is 0.139. The Labute approximate surface area is 102 Å². The number of carbonyl (C=O) groups excluding carboxylic acids is 1. The van der Waals surface area contributed by atoms with Gasteiger partial charge in [-0.25, -0.2) is 4.79 Å². The largest absolute Gasteiger partial charge is 0.477 e. The summed E-state index contributed by atoms with van der Waals surface area (Å²) in [6, 6.07) is 1.59. The van der Waals surface area contributed by atoms with Crippen molar-refractivity contribution in [2.24, 2.45) is 0 Å². The molecule has 2 N–H and O–H groups in total. The van der Waals surface area contributed by atoms with E-state index in [0.717, 1.165) is 17.8 Å². The van der Waals surface area contributed by atoms with Gasteiger partial charge in [-0.05, 0) is 31.2 Å². The summed E-state index contributed by atoms with van der Waals surface area (Å²) in [5.41, 5.74) is -0.498. The number of rotatable bonds is 3. The lowest BCUT2D eigenvalue weighted by molar-refractivity contribution is -0.133. The summed E-state index contributed by atoms with van der Waals surface area (Å²) in [7, 11) is 0. The summed E-state index contributed by atoms with van der Waals surface area (Å²) in [6.45, 7) is 2.29. The monoisotopic (exact) mass is 255 g/mol. The fourth-order valence-electron chi connectivity index (χ4n) is 1.79. The zero-order valence-corrected chi connectivity index (χ0v) is 10.2. The molecule has 0 aromatic carbocycles. The Morgan fingerprint density at radius 2 is 2.35 bits per heavy atom. The third kappa shape index (κ3) is 2.32. The van der Waals surface area contributed by atoms with Crippen molar-refractivity contribution in [1.82, 2.24) is 0 Å². The van der Waals surface area contributed by atoms with Crippen LogP contribution in [0.25, 0.3) is 0 Å². The molecule has 1 unspecified atom stereocenters. The Kier molecular flexibility index (Phi) is 3.17. The molecule has 0 radical (unpaired) electrons. The van der Waals surface area contributed by atoms with Crippen LogP contribution in [0.1, 0.15) is 29.4 Å². The van der Waals surface area contributed by atoms with Gasteiger partial charge in [-0.3, -0.25) is 4.79 Å². The lowest BCUT2D eigenvalue weighted by Crippen LogP contribution is -2.39. The topological polar surface area (TPSA) is 75.6 Å². The van der Waals surface area contributed by atoms with Gasteiger partial charge in [0.2, 0.25) is 0 Å². The minimum atomic E-state index is -1.03. The van der Waals surface area contributed by atoms with Crippen LogP contribution in [0, 0.1) is 0 Å². The van der Waals surface area contributed by atoms with Gasteiger partial charge in [-0.15, -0.1) is 11.3 Å². The number of carboxylic acid groups (broad SMARTS) is 1. The third-order valence-corrected chi connectivity index (χ3v) is 3.71. The van der Waals surface area contributed by atoms with Gasteiger partial charge in [0.05, 0.1) is 5.69 Å². The van der Waals surface area contributed by atoms with Crippen LogP contribution in [0.4, 0.5) is 5.69 Å². The molecule has 1 aliphatic heterocycles. The van der Waals surface area contributed by atoms with Crippen molar-refractivity contribution in [1.29, 1.82) is 0 Å². The summed E-state index contributed by atoms with van der Waals surface area (Å²) >= 11 is 1.09. The van der Waals surface area contributed by atoms with Crippen LogP contribution in [0.5, 0.6) is 0 Å². The van der Waals surface area contributed by atoms with E-state index in [1.807, 2.05) is 0 Å². The fourth-order valence-corrected chi connectivity index (χ4v) is 2.47. The highest BCUT2D eigenvalue weighted by molar-refractivity contribution is 7.12. The van der Waals surface area contributed by atoms with Crippen LogP contribution in [-0.4, -0.2) is 29.2 Å². The number of hydrogen-bond donors (Lipinski definition) is 2. The van der Waals surface area contributed by atoms with Crippen LogP contribution in [0.2, 0.25) is 0 Å². The number of carbonyl (C=O) groups is 2. The normalized spacial score (nSPS) is 23.6. The van der Waals surface area contributed by atoms with Crippen molar-refractivity contribution in [3.05, 3.63) is 16.3 Å². The van der Waals surface area contributed by atoms with Crippen molar-refractivity contribution < 1.29 is 19.4 Å². The molecule has 92 valence electrons. The van der Waals surface area contributed by atoms with Gasteiger partial charge in [0.15, 0.2) is 0 Å². The molecule has 0 spiro atoms. The maximum atomic E-state index is 12.0. The van der Waals surface area contributed by atoms with Gasteiger partial charge in [0, 0.05) is 6.61 Å². The van der Waals surface area contributed by atoms with Crippen LogP contribution >= 0.6 is 11.3 Å². The van der Waals surface area contributed by atoms with Gasteiger partial charge in [-0.2, -0.15) is 0 Å². The molecular formula is C11H13NO4S. The Hall–Kier alpha value is -1.40. The van der Waals surface area contributed by atoms with Crippen LogP contribution < -0.4 is 5.32 Å². The summed E-state index contributed by atoms with van der Waals surface area (Å²) < 4.78 is 5.40. The van der Waals surface area contributed by atoms with Crippen molar-refractivity contribution >= 4 is 28.9 Å². The third-order valence-electron chi connectivity index (χ3n) is 2.81. The molecule has 17 heavy (non-hydrogen) atoms. The first-order chi connectivity index (χ1) is 8.03. The average Bonchev–Trinajstić information content (AvgIpc) is 2.87. The molecule has 1 aromatic heterocycles. The van der Waals surface area contributed by atoms with E-state index in [1.54, 1.807) is 18.4 Å². The fraction of sp³-hybridized carbons (Fsp3) is 0.455. The Balaban J connectivity index is 2.13. The summed E-state index contributed by atoms with van der Waals surface area (Å²) in [6.07, 6.45) is 1.50. The molecule has 5 nitrogen and oxygen atoms in total. The van der Waals surface area contributed by atoms with Crippen LogP contribution in [0.15, 0.2) is 11.4 Å². The number of nitrogens with one attached hydrogen (secondary N) is 1. The lowest BCUT2D eigenvalue weighted by Gasteiger charge is -2.21. The van der Waals surface area contributed by atoms with E-state index in [9.17, 15) is 9.59 Å². The first-order valence-electron chi connectivity index (χ1n) is 5.29. The second-order valence-electron chi connectivity index (χ2n) is 4.11. The van der Waals surface area contributed by atoms with Gasteiger partial charge in [-0.1, -0.05) is 0 Å². The quantitative estimate of drug-likeness (QED) is 0.865. The highest BCUT2D eigenvalue weighted by Gasteiger charge is 2.38. The summed E-state index contributed by atoms with van der Waals surface area (Å²) in [4.78, 5) is 23.0. The lowest BCUT2D eigenvalue weighted by atomic mass is 10.0. The Morgan fingerprint density at radius 3 is 2.94 bits per heavy atom. The molecule has 0 bridgehead atoms. The SMILES string of the molecule is CC1(C(=O)Nc2ccsc2C(=O)O)CCCO1. The van der Waals surface area contributed by atoms with E-state index in [-0.39, 0.29) is 10.8 Å². The van der Waals surface area contributed by atoms with Gasteiger partial charge in [0.25, 0.3) is 5.91 Å². The van der Waals surface area contributed by atoms with E-state index in [4.69, 9.17) is 9.84 Å².